The van der Waals surface area contributed by atoms with Gasteiger partial charge < -0.3 is 24.6 Å². The Morgan fingerprint density at radius 3 is 2.46 bits per heavy atom. The molecule has 1 aliphatic heterocycles. The number of ether oxygens (including phenoxy) is 3. The van der Waals surface area contributed by atoms with E-state index in [9.17, 15) is 14.7 Å². The second kappa shape index (κ2) is 10.1. The zero-order valence-electron chi connectivity index (χ0n) is 20.8. The molecule has 7 nitrogen and oxygen atoms in total. The van der Waals surface area contributed by atoms with Gasteiger partial charge in [-0.05, 0) is 68.1 Å². The van der Waals surface area contributed by atoms with Crippen molar-refractivity contribution >= 4 is 37.6 Å². The lowest BCUT2D eigenvalue weighted by molar-refractivity contribution is -0.271. The van der Waals surface area contributed by atoms with Crippen LogP contribution in [0.5, 0.6) is 5.75 Å². The van der Waals surface area contributed by atoms with Crippen molar-refractivity contribution in [3.05, 3.63) is 88.1 Å². The normalized spacial score (nSPS) is 16.5. The molecule has 1 fully saturated rings. The van der Waals surface area contributed by atoms with Crippen LogP contribution >= 0.6 is 11.3 Å². The Kier molecular flexibility index (Phi) is 6.90. The molecule has 37 heavy (non-hydrogen) atoms. The second-order valence-corrected chi connectivity index (χ2v) is 11.0. The first-order valence-corrected chi connectivity index (χ1v) is 13.0. The lowest BCUT2D eigenvalue weighted by Crippen LogP contribution is -2.61. The third-order valence-corrected chi connectivity index (χ3v) is 7.74. The van der Waals surface area contributed by atoms with E-state index in [-0.39, 0.29) is 18.6 Å². The zero-order chi connectivity index (χ0) is 26.0. The summed E-state index contributed by atoms with van der Waals surface area (Å²) in [5.41, 5.74) is 1.16. The molecule has 1 aromatic heterocycles. The number of hydrogen-bond acceptors (Lipinski definition) is 6. The molecule has 0 spiro atoms. The molecule has 1 amide bonds. The van der Waals surface area contributed by atoms with Crippen molar-refractivity contribution < 1.29 is 24.1 Å². The van der Waals surface area contributed by atoms with Crippen molar-refractivity contribution in [1.29, 1.82) is 0 Å². The summed E-state index contributed by atoms with van der Waals surface area (Å²) in [5, 5.41) is 13.3. The van der Waals surface area contributed by atoms with Gasteiger partial charge in [0.2, 0.25) is 0 Å². The van der Waals surface area contributed by atoms with Gasteiger partial charge in [0, 0.05) is 20.2 Å². The number of hydrogen-bond donors (Lipinski definition) is 2. The molecular weight excluding hydrogens is 490 g/mol. The first kappa shape index (κ1) is 25.2. The van der Waals surface area contributed by atoms with E-state index in [0.29, 0.717) is 30.2 Å². The van der Waals surface area contributed by atoms with Gasteiger partial charge in [-0.2, -0.15) is 0 Å². The number of amides is 1. The summed E-state index contributed by atoms with van der Waals surface area (Å²) in [4.78, 5) is 24.8. The van der Waals surface area contributed by atoms with Gasteiger partial charge in [0.25, 0.3) is 0 Å². The Morgan fingerprint density at radius 1 is 0.973 bits per heavy atom. The fraction of sp³-hybridized carbons (Fsp3) is 0.310. The largest absolute Gasteiger partial charge is 0.489 e. The Hall–Kier alpha value is -3.46. The van der Waals surface area contributed by atoms with Crippen molar-refractivity contribution in [3.63, 3.8) is 0 Å². The molecule has 1 aliphatic rings. The predicted octanol–water partition coefficient (Wildman–Crippen LogP) is 5.72. The van der Waals surface area contributed by atoms with Crippen LogP contribution in [0.2, 0.25) is 0 Å². The van der Waals surface area contributed by atoms with Crippen LogP contribution in [-0.4, -0.2) is 35.7 Å². The first-order valence-electron chi connectivity index (χ1n) is 12.2. The summed E-state index contributed by atoms with van der Waals surface area (Å²) in [7, 11) is 0. The third kappa shape index (κ3) is 5.77. The van der Waals surface area contributed by atoms with Gasteiger partial charge in [0.15, 0.2) is 11.2 Å². The Morgan fingerprint density at radius 2 is 1.73 bits per heavy atom. The van der Waals surface area contributed by atoms with Crippen LogP contribution < -0.4 is 15.5 Å². The molecule has 0 unspecified atom stereocenters. The third-order valence-electron chi connectivity index (χ3n) is 6.61. The molecule has 0 bridgehead atoms. The van der Waals surface area contributed by atoms with E-state index in [4.69, 9.17) is 14.2 Å². The molecule has 0 saturated carbocycles. The number of fused-ring (bicyclic) bond motifs is 2. The monoisotopic (exact) mass is 519 g/mol. The number of benzene rings is 3. The maximum atomic E-state index is 13.4. The van der Waals surface area contributed by atoms with Crippen molar-refractivity contribution in [2.75, 3.05) is 13.2 Å². The smallest absolute Gasteiger partial charge is 0.405 e. The van der Waals surface area contributed by atoms with E-state index in [1.807, 2.05) is 66.7 Å². The van der Waals surface area contributed by atoms with Gasteiger partial charge in [0.1, 0.15) is 12.4 Å². The van der Waals surface area contributed by atoms with Gasteiger partial charge in [-0.3, -0.25) is 4.79 Å². The van der Waals surface area contributed by atoms with Crippen molar-refractivity contribution in [1.82, 2.24) is 5.32 Å². The molecule has 0 atom stereocenters. The standard InChI is InChI=1S/C29H29NO6S/c1-28(2)35-17-29(18-36-28,30-27(32)33)13-12-19-8-11-24-23(14-19)26(31)22-10-9-21(15-25(22)37-24)34-16-20-6-4-3-5-7-20/h3-11,14-15,30H,12-13,16-18H2,1-2H3,(H,32,33). The SMILES string of the molecule is CC1(C)OCC(CCc2ccc3sc4cc(OCc5ccccc5)ccc4c(=O)c3c2)(NC(=O)O)CO1. The second-order valence-electron chi connectivity index (χ2n) is 9.88. The summed E-state index contributed by atoms with van der Waals surface area (Å²) in [6.45, 7) is 4.51. The molecular formula is C29H29NO6S. The molecule has 2 N–H and O–H groups in total. The van der Waals surface area contributed by atoms with Crippen LogP contribution in [0.25, 0.3) is 20.2 Å². The fourth-order valence-corrected chi connectivity index (χ4v) is 5.55. The molecule has 0 radical (unpaired) electrons. The van der Waals surface area contributed by atoms with Gasteiger partial charge in [0.05, 0.1) is 18.8 Å². The van der Waals surface area contributed by atoms with E-state index in [2.05, 4.69) is 5.32 Å². The van der Waals surface area contributed by atoms with Crippen LogP contribution in [-0.2, 0) is 22.5 Å². The fourth-order valence-electron chi connectivity index (χ4n) is 4.46. The molecule has 2 heterocycles. The number of carbonyl (C=O) groups is 1. The van der Waals surface area contributed by atoms with Crippen molar-refractivity contribution in [3.8, 4) is 5.75 Å². The molecule has 5 rings (SSSR count). The maximum Gasteiger partial charge on any atom is 0.405 e. The number of carboxylic acid groups (broad SMARTS) is 1. The highest BCUT2D eigenvalue weighted by Crippen LogP contribution is 2.31. The van der Waals surface area contributed by atoms with Gasteiger partial charge in [-0.15, -0.1) is 11.3 Å². The first-order chi connectivity index (χ1) is 17.7. The van der Waals surface area contributed by atoms with Crippen molar-refractivity contribution in [2.45, 2.75) is 44.6 Å². The van der Waals surface area contributed by atoms with Crippen LogP contribution in [0, 0.1) is 0 Å². The highest BCUT2D eigenvalue weighted by molar-refractivity contribution is 7.24. The van der Waals surface area contributed by atoms with Crippen LogP contribution in [0.15, 0.2) is 71.5 Å². The molecule has 8 heteroatoms. The molecule has 3 aromatic carbocycles. The Bertz CT molecular complexity index is 1490. The zero-order valence-corrected chi connectivity index (χ0v) is 21.6. The van der Waals surface area contributed by atoms with Crippen molar-refractivity contribution in [2.24, 2.45) is 0 Å². The van der Waals surface area contributed by atoms with Crippen LogP contribution in [0.3, 0.4) is 0 Å². The van der Waals surface area contributed by atoms with E-state index in [1.54, 1.807) is 25.2 Å². The Balaban J connectivity index is 1.36. The van der Waals surface area contributed by atoms with Gasteiger partial charge >= 0.3 is 6.09 Å². The maximum absolute atomic E-state index is 13.4. The summed E-state index contributed by atoms with van der Waals surface area (Å²) in [5.74, 6) is -0.0294. The Labute approximate surface area is 218 Å². The average molecular weight is 520 g/mol. The lowest BCUT2D eigenvalue weighted by atomic mass is 9.91. The topological polar surface area (TPSA) is 94.1 Å². The number of nitrogens with one attached hydrogen (secondary N) is 1. The molecule has 0 aliphatic carbocycles. The van der Waals surface area contributed by atoms with E-state index >= 15 is 0 Å². The lowest BCUT2D eigenvalue weighted by Gasteiger charge is -2.43. The molecule has 1 saturated heterocycles. The minimum atomic E-state index is -1.12. The van der Waals surface area contributed by atoms with E-state index < -0.39 is 17.4 Å². The highest BCUT2D eigenvalue weighted by Gasteiger charge is 2.41. The minimum Gasteiger partial charge on any atom is -0.489 e. The summed E-state index contributed by atoms with van der Waals surface area (Å²) in [6.07, 6.45) is -0.0703. The summed E-state index contributed by atoms with van der Waals surface area (Å²) >= 11 is 1.55. The average Bonchev–Trinajstić information content (AvgIpc) is 2.88. The van der Waals surface area contributed by atoms with E-state index in [0.717, 1.165) is 26.3 Å². The molecule has 192 valence electrons. The number of aryl methyl sites for hydroxylation is 1. The highest BCUT2D eigenvalue weighted by atomic mass is 32.1. The van der Waals surface area contributed by atoms with Crippen LogP contribution in [0.1, 0.15) is 31.4 Å². The quantitative estimate of drug-likeness (QED) is 0.304. The van der Waals surface area contributed by atoms with Gasteiger partial charge in [-0.1, -0.05) is 36.4 Å². The van der Waals surface area contributed by atoms with Gasteiger partial charge in [-0.25, -0.2) is 4.79 Å². The summed E-state index contributed by atoms with van der Waals surface area (Å²) in [6, 6.07) is 21.4. The van der Waals surface area contributed by atoms with E-state index in [1.165, 1.54) is 0 Å². The predicted molar refractivity (Wildman–Crippen MR) is 145 cm³/mol. The minimum absolute atomic E-state index is 0.0235. The molecule has 4 aromatic rings. The van der Waals surface area contributed by atoms with Crippen LogP contribution in [0.4, 0.5) is 4.79 Å². The summed E-state index contributed by atoms with van der Waals surface area (Å²) < 4.78 is 19.2. The number of rotatable bonds is 7.